The van der Waals surface area contributed by atoms with E-state index in [0.29, 0.717) is 38.6 Å². The van der Waals surface area contributed by atoms with Crippen LogP contribution in [0.1, 0.15) is 214 Å². The number of nitrogens with one attached hydrogen (secondary N) is 1. The summed E-state index contributed by atoms with van der Waals surface area (Å²) in [5.41, 5.74) is 0. The van der Waals surface area contributed by atoms with Gasteiger partial charge < -0.3 is 33.9 Å². The molecule has 12 nitrogen and oxygen atoms in total. The van der Waals surface area contributed by atoms with E-state index in [9.17, 15) is 24.0 Å². The fraction of sp³-hybridized carbons (Fsp3) is 0.894. The van der Waals surface area contributed by atoms with Crippen LogP contribution in [0, 0.1) is 0 Å². The second-order valence-electron chi connectivity index (χ2n) is 16.4. The van der Waals surface area contributed by atoms with Crippen molar-refractivity contribution >= 4 is 30.0 Å². The van der Waals surface area contributed by atoms with Crippen LogP contribution in [0.15, 0.2) is 0 Å². The number of carbonyl (C=O) groups excluding carboxylic acids is 5. The minimum atomic E-state index is -1.44. The van der Waals surface area contributed by atoms with E-state index in [0.717, 1.165) is 135 Å². The summed E-state index contributed by atoms with van der Waals surface area (Å²) in [5, 5.41) is 2.75. The maximum atomic E-state index is 13.4. The number of alkyl carbamates (subject to hydrolysis) is 1. The quantitative estimate of drug-likeness (QED) is 0.0356. The molecule has 0 aliphatic heterocycles. The number of nitrogens with zero attached hydrogens (tertiary/aromatic N) is 1. The molecule has 0 bridgehead atoms. The van der Waals surface area contributed by atoms with Crippen molar-refractivity contribution in [2.24, 2.45) is 0 Å². The zero-order valence-corrected chi connectivity index (χ0v) is 38.6. The summed E-state index contributed by atoms with van der Waals surface area (Å²) in [7, 11) is 3.87. The molecule has 0 aliphatic rings. The SMILES string of the molecule is CCCCCCCCC(=O)OCC(OC(=O)CCCCCCCC)C(OC(=O)NCCCN(C)C)C(COC(=O)CCCCCCCC)OC(=O)CCCCCCCC. The minimum Gasteiger partial charge on any atom is -0.462 e. The number of rotatable bonds is 41. The van der Waals surface area contributed by atoms with Crippen molar-refractivity contribution in [2.45, 2.75) is 232 Å². The largest absolute Gasteiger partial charge is 0.462 e. The summed E-state index contributed by atoms with van der Waals surface area (Å²) in [4.78, 5) is 68.2. The molecular formula is C47H88N2O10. The van der Waals surface area contributed by atoms with Gasteiger partial charge in [-0.25, -0.2) is 4.79 Å². The molecular weight excluding hydrogens is 753 g/mol. The Labute approximate surface area is 359 Å². The predicted octanol–water partition coefficient (Wildman–Crippen LogP) is 10.9. The van der Waals surface area contributed by atoms with Gasteiger partial charge in [0.15, 0.2) is 18.3 Å². The van der Waals surface area contributed by atoms with Crippen LogP contribution in [0.5, 0.6) is 0 Å². The molecule has 0 heterocycles. The van der Waals surface area contributed by atoms with Gasteiger partial charge in [0.25, 0.3) is 0 Å². The number of carbonyl (C=O) groups is 5. The number of esters is 4. The number of unbranched alkanes of at least 4 members (excludes halogenated alkanes) is 20. The zero-order valence-electron chi connectivity index (χ0n) is 38.6. The number of hydrogen-bond acceptors (Lipinski definition) is 11. The molecule has 346 valence electrons. The van der Waals surface area contributed by atoms with Crippen molar-refractivity contribution in [1.82, 2.24) is 10.2 Å². The van der Waals surface area contributed by atoms with E-state index >= 15 is 0 Å². The third-order valence-corrected chi connectivity index (χ3v) is 10.3. The van der Waals surface area contributed by atoms with Gasteiger partial charge in [0, 0.05) is 32.2 Å². The van der Waals surface area contributed by atoms with Crippen LogP contribution >= 0.6 is 0 Å². The van der Waals surface area contributed by atoms with Crippen LogP contribution in [0.2, 0.25) is 0 Å². The molecule has 0 aromatic carbocycles. The van der Waals surface area contributed by atoms with Gasteiger partial charge in [0.05, 0.1) is 0 Å². The smallest absolute Gasteiger partial charge is 0.407 e. The summed E-state index contributed by atoms with van der Waals surface area (Å²) in [6.07, 6.45) is 19.9. The van der Waals surface area contributed by atoms with Crippen molar-refractivity contribution < 1.29 is 47.7 Å². The lowest BCUT2D eigenvalue weighted by Gasteiger charge is -2.32. The van der Waals surface area contributed by atoms with Gasteiger partial charge in [0.2, 0.25) is 0 Å². The zero-order chi connectivity index (χ0) is 43.8. The molecule has 12 heteroatoms. The van der Waals surface area contributed by atoms with Crippen LogP contribution in [-0.2, 0) is 42.9 Å². The van der Waals surface area contributed by atoms with Gasteiger partial charge in [-0.05, 0) is 52.7 Å². The first-order chi connectivity index (χ1) is 28.6. The van der Waals surface area contributed by atoms with Crippen molar-refractivity contribution in [3.05, 3.63) is 0 Å². The van der Waals surface area contributed by atoms with Gasteiger partial charge in [-0.3, -0.25) is 19.2 Å². The Kier molecular flexibility index (Phi) is 38.5. The molecule has 59 heavy (non-hydrogen) atoms. The molecule has 1 N–H and O–H groups in total. The Bertz CT molecular complexity index is 990. The van der Waals surface area contributed by atoms with Crippen LogP contribution in [-0.4, -0.2) is 93.6 Å². The fourth-order valence-corrected chi connectivity index (χ4v) is 6.68. The molecule has 0 aliphatic carbocycles. The maximum absolute atomic E-state index is 13.4. The fourth-order valence-electron chi connectivity index (χ4n) is 6.68. The first-order valence-electron chi connectivity index (χ1n) is 23.9. The van der Waals surface area contributed by atoms with Crippen molar-refractivity contribution in [1.29, 1.82) is 0 Å². The van der Waals surface area contributed by atoms with E-state index in [2.05, 4.69) is 33.0 Å². The average molecular weight is 841 g/mol. The third-order valence-electron chi connectivity index (χ3n) is 10.3. The van der Waals surface area contributed by atoms with Crippen LogP contribution in [0.25, 0.3) is 0 Å². The van der Waals surface area contributed by atoms with Gasteiger partial charge >= 0.3 is 30.0 Å². The van der Waals surface area contributed by atoms with Gasteiger partial charge in [-0.2, -0.15) is 0 Å². The third kappa shape index (κ3) is 35.6. The summed E-state index contributed by atoms with van der Waals surface area (Å²) in [5.74, 6) is -2.03. The lowest BCUT2D eigenvalue weighted by molar-refractivity contribution is -0.185. The minimum absolute atomic E-state index is 0.119. The lowest BCUT2D eigenvalue weighted by atomic mass is 10.1. The van der Waals surface area contributed by atoms with Gasteiger partial charge in [-0.15, -0.1) is 0 Å². The average Bonchev–Trinajstić information content (AvgIpc) is 3.21. The van der Waals surface area contributed by atoms with Gasteiger partial charge in [-0.1, -0.05) is 156 Å². The van der Waals surface area contributed by atoms with E-state index in [4.69, 9.17) is 23.7 Å². The first kappa shape index (κ1) is 56.1. The standard InChI is InChI=1S/C47H88N2O10/c1-7-11-15-19-23-27-32-42(50)55-38-40(57-44(52)34-29-25-21-17-13-9-3)46(59-47(54)48-36-31-37-49(5)6)41(58-45(53)35-30-26-22-18-14-10-4)39-56-43(51)33-28-24-20-16-12-8-2/h40-41,46H,7-39H2,1-6H3,(H,48,54). The number of amides is 1. The van der Waals surface area contributed by atoms with E-state index in [1.165, 1.54) is 0 Å². The Hall–Kier alpha value is -2.89. The molecule has 0 saturated heterocycles. The molecule has 0 aromatic heterocycles. The number of ether oxygens (including phenoxy) is 5. The van der Waals surface area contributed by atoms with E-state index in [1.54, 1.807) is 0 Å². The van der Waals surface area contributed by atoms with Crippen molar-refractivity contribution in [3.63, 3.8) is 0 Å². The van der Waals surface area contributed by atoms with E-state index in [-0.39, 0.29) is 25.7 Å². The maximum Gasteiger partial charge on any atom is 0.407 e. The molecule has 0 saturated carbocycles. The van der Waals surface area contributed by atoms with Crippen LogP contribution in [0.3, 0.4) is 0 Å². The molecule has 0 fully saturated rings. The Morgan fingerprint density at radius 3 is 1.08 bits per heavy atom. The topological polar surface area (TPSA) is 147 Å². The van der Waals surface area contributed by atoms with E-state index < -0.39 is 61.5 Å². The highest BCUT2D eigenvalue weighted by Gasteiger charge is 2.40. The van der Waals surface area contributed by atoms with Crippen molar-refractivity contribution in [3.8, 4) is 0 Å². The highest BCUT2D eigenvalue weighted by Crippen LogP contribution is 2.20. The first-order valence-corrected chi connectivity index (χ1v) is 23.9. The summed E-state index contributed by atoms with van der Waals surface area (Å²) >= 11 is 0. The monoisotopic (exact) mass is 841 g/mol. The molecule has 1 amide bonds. The Morgan fingerprint density at radius 1 is 0.424 bits per heavy atom. The van der Waals surface area contributed by atoms with Crippen molar-refractivity contribution in [2.75, 3.05) is 40.4 Å². The summed E-state index contributed by atoms with van der Waals surface area (Å²) in [6.45, 7) is 8.79. The predicted molar refractivity (Wildman–Crippen MR) is 235 cm³/mol. The molecule has 0 rings (SSSR count). The summed E-state index contributed by atoms with van der Waals surface area (Å²) in [6, 6.07) is 0. The molecule has 0 spiro atoms. The lowest BCUT2D eigenvalue weighted by Crippen LogP contribution is -2.51. The van der Waals surface area contributed by atoms with Crippen LogP contribution < -0.4 is 5.32 Å². The van der Waals surface area contributed by atoms with Gasteiger partial charge in [0.1, 0.15) is 13.2 Å². The molecule has 0 radical (unpaired) electrons. The Morgan fingerprint density at radius 2 is 0.746 bits per heavy atom. The summed E-state index contributed by atoms with van der Waals surface area (Å²) < 4.78 is 29.3. The van der Waals surface area contributed by atoms with E-state index in [1.807, 2.05) is 19.0 Å². The molecule has 2 atom stereocenters. The second kappa shape index (κ2) is 40.5. The Balaban J connectivity index is 6.38. The highest BCUT2D eigenvalue weighted by atomic mass is 16.6. The molecule has 0 aromatic rings. The second-order valence-corrected chi connectivity index (χ2v) is 16.4. The highest BCUT2D eigenvalue weighted by molar-refractivity contribution is 5.72. The number of hydrogen-bond donors (Lipinski definition) is 1. The van der Waals surface area contributed by atoms with Crippen LogP contribution in [0.4, 0.5) is 4.79 Å². The molecule has 2 unspecified atom stereocenters. The normalized spacial score (nSPS) is 12.7.